The largest absolute Gasteiger partial charge is 0.481 e. The van der Waals surface area contributed by atoms with E-state index in [-0.39, 0.29) is 18.4 Å². The van der Waals surface area contributed by atoms with E-state index >= 15 is 0 Å². The smallest absolute Gasteiger partial charge is 0.262 e. The lowest BCUT2D eigenvalue weighted by Gasteiger charge is -2.20. The number of amides is 2. The van der Waals surface area contributed by atoms with Crippen LogP contribution in [-0.2, 0) is 4.79 Å². The standard InChI is InChI=1S/C15H12N2O3/c18-13-9-20-14-11(7-4-8-12(14)17-13)15(19)16-10-5-2-1-3-6-10/h1-8H,9H2,(H,16,19)(H,17,18). The summed E-state index contributed by atoms with van der Waals surface area (Å²) in [4.78, 5) is 23.5. The monoisotopic (exact) mass is 268 g/mol. The maximum absolute atomic E-state index is 12.3. The van der Waals surface area contributed by atoms with Gasteiger partial charge in [0, 0.05) is 5.69 Å². The van der Waals surface area contributed by atoms with Gasteiger partial charge in [0.1, 0.15) is 0 Å². The van der Waals surface area contributed by atoms with Crippen molar-refractivity contribution in [3.8, 4) is 5.75 Å². The maximum Gasteiger partial charge on any atom is 0.262 e. The normalized spacial score (nSPS) is 12.9. The van der Waals surface area contributed by atoms with Crippen LogP contribution in [0, 0.1) is 0 Å². The number of ether oxygens (including phenoxy) is 1. The second-order valence-corrected chi connectivity index (χ2v) is 4.34. The van der Waals surface area contributed by atoms with E-state index in [1.54, 1.807) is 30.3 Å². The number of anilines is 2. The van der Waals surface area contributed by atoms with Gasteiger partial charge in [-0.2, -0.15) is 0 Å². The van der Waals surface area contributed by atoms with E-state index in [0.717, 1.165) is 0 Å². The van der Waals surface area contributed by atoms with Crippen molar-refractivity contribution in [3.63, 3.8) is 0 Å². The summed E-state index contributed by atoms with van der Waals surface area (Å²) >= 11 is 0. The lowest BCUT2D eigenvalue weighted by molar-refractivity contribution is -0.118. The van der Waals surface area contributed by atoms with Crippen LogP contribution in [0.5, 0.6) is 5.75 Å². The number of fused-ring (bicyclic) bond motifs is 1. The van der Waals surface area contributed by atoms with E-state index in [1.807, 2.05) is 18.2 Å². The van der Waals surface area contributed by atoms with E-state index in [0.29, 0.717) is 22.7 Å². The Morgan fingerprint density at radius 2 is 1.90 bits per heavy atom. The summed E-state index contributed by atoms with van der Waals surface area (Å²) in [5, 5.41) is 5.46. The molecule has 0 fully saturated rings. The molecule has 100 valence electrons. The molecule has 0 saturated carbocycles. The molecule has 2 N–H and O–H groups in total. The molecule has 0 spiro atoms. The molecule has 0 radical (unpaired) electrons. The lowest BCUT2D eigenvalue weighted by atomic mass is 10.1. The van der Waals surface area contributed by atoms with Crippen LogP contribution in [0.2, 0.25) is 0 Å². The van der Waals surface area contributed by atoms with Crippen molar-refractivity contribution in [2.45, 2.75) is 0 Å². The Labute approximate surface area is 115 Å². The Morgan fingerprint density at radius 1 is 1.10 bits per heavy atom. The SMILES string of the molecule is O=C1COc2c(cccc2C(=O)Nc2ccccc2)N1. The predicted octanol–water partition coefficient (Wildman–Crippen LogP) is 2.27. The second-order valence-electron chi connectivity index (χ2n) is 4.34. The summed E-state index contributed by atoms with van der Waals surface area (Å²) in [6, 6.07) is 14.2. The third kappa shape index (κ3) is 2.33. The van der Waals surface area contributed by atoms with E-state index in [1.165, 1.54) is 0 Å². The zero-order valence-corrected chi connectivity index (χ0v) is 10.6. The van der Waals surface area contributed by atoms with Crippen LogP contribution >= 0.6 is 0 Å². The van der Waals surface area contributed by atoms with Gasteiger partial charge in [0.15, 0.2) is 12.4 Å². The van der Waals surface area contributed by atoms with Gasteiger partial charge < -0.3 is 15.4 Å². The molecule has 5 nitrogen and oxygen atoms in total. The third-order valence-electron chi connectivity index (χ3n) is 2.91. The molecular weight excluding hydrogens is 256 g/mol. The zero-order valence-electron chi connectivity index (χ0n) is 10.6. The molecule has 2 amide bonds. The van der Waals surface area contributed by atoms with Crippen molar-refractivity contribution in [3.05, 3.63) is 54.1 Å². The van der Waals surface area contributed by atoms with Crippen LogP contribution < -0.4 is 15.4 Å². The van der Waals surface area contributed by atoms with Crippen molar-refractivity contribution >= 4 is 23.2 Å². The van der Waals surface area contributed by atoms with Gasteiger partial charge in [0.2, 0.25) is 0 Å². The van der Waals surface area contributed by atoms with Gasteiger partial charge >= 0.3 is 0 Å². The first-order valence-corrected chi connectivity index (χ1v) is 6.16. The molecule has 2 aromatic carbocycles. The third-order valence-corrected chi connectivity index (χ3v) is 2.91. The van der Waals surface area contributed by atoms with Crippen LogP contribution in [0.15, 0.2) is 48.5 Å². The van der Waals surface area contributed by atoms with Crippen LogP contribution in [-0.4, -0.2) is 18.4 Å². The Bertz CT molecular complexity index is 668. The van der Waals surface area contributed by atoms with Crippen molar-refractivity contribution < 1.29 is 14.3 Å². The lowest BCUT2D eigenvalue weighted by Crippen LogP contribution is -2.27. The Balaban J connectivity index is 1.89. The minimum atomic E-state index is -0.274. The Hall–Kier alpha value is -2.82. The highest BCUT2D eigenvalue weighted by atomic mass is 16.5. The summed E-state index contributed by atoms with van der Waals surface area (Å²) in [6.45, 7) is -0.0807. The molecule has 5 heteroatoms. The van der Waals surface area contributed by atoms with Crippen molar-refractivity contribution in [2.75, 3.05) is 17.2 Å². The summed E-state index contributed by atoms with van der Waals surface area (Å²) in [5.74, 6) is -0.0946. The number of carbonyl (C=O) groups is 2. The number of hydrogen-bond donors (Lipinski definition) is 2. The molecule has 0 bridgehead atoms. The average molecular weight is 268 g/mol. The fourth-order valence-electron chi connectivity index (χ4n) is 2.01. The number of para-hydroxylation sites is 2. The van der Waals surface area contributed by atoms with Crippen LogP contribution in [0.1, 0.15) is 10.4 Å². The quantitative estimate of drug-likeness (QED) is 0.878. The molecule has 1 aliphatic rings. The highest BCUT2D eigenvalue weighted by Crippen LogP contribution is 2.31. The number of nitrogens with one attached hydrogen (secondary N) is 2. The number of carbonyl (C=O) groups excluding carboxylic acids is 2. The highest BCUT2D eigenvalue weighted by molar-refractivity contribution is 6.09. The van der Waals surface area contributed by atoms with Crippen molar-refractivity contribution in [2.24, 2.45) is 0 Å². The van der Waals surface area contributed by atoms with Gasteiger partial charge in [-0.05, 0) is 24.3 Å². The minimum Gasteiger partial charge on any atom is -0.481 e. The zero-order chi connectivity index (χ0) is 13.9. The molecule has 0 atom stereocenters. The van der Waals surface area contributed by atoms with E-state index in [9.17, 15) is 9.59 Å². The van der Waals surface area contributed by atoms with Gasteiger partial charge in [0.05, 0.1) is 11.3 Å². The first-order valence-electron chi connectivity index (χ1n) is 6.16. The molecule has 2 aromatic rings. The molecule has 20 heavy (non-hydrogen) atoms. The van der Waals surface area contributed by atoms with Gasteiger partial charge in [-0.3, -0.25) is 9.59 Å². The summed E-state index contributed by atoms with van der Waals surface area (Å²) in [5.41, 5.74) is 1.61. The fourth-order valence-corrected chi connectivity index (χ4v) is 2.01. The van der Waals surface area contributed by atoms with E-state index in [4.69, 9.17) is 4.74 Å². The second kappa shape index (κ2) is 5.05. The fraction of sp³-hybridized carbons (Fsp3) is 0.0667. The highest BCUT2D eigenvalue weighted by Gasteiger charge is 2.22. The molecule has 0 saturated heterocycles. The molecular formula is C15H12N2O3. The van der Waals surface area contributed by atoms with E-state index in [2.05, 4.69) is 10.6 Å². The summed E-state index contributed by atoms with van der Waals surface area (Å²) < 4.78 is 5.35. The molecule has 0 aliphatic carbocycles. The van der Waals surface area contributed by atoms with Crippen molar-refractivity contribution in [1.29, 1.82) is 0 Å². The summed E-state index contributed by atoms with van der Waals surface area (Å²) in [7, 11) is 0. The van der Waals surface area contributed by atoms with Gasteiger partial charge in [-0.15, -0.1) is 0 Å². The first kappa shape index (κ1) is 12.2. The molecule has 3 rings (SSSR count). The predicted molar refractivity (Wildman–Crippen MR) is 75.0 cm³/mol. The Kier molecular flexibility index (Phi) is 3.09. The minimum absolute atomic E-state index is 0.0807. The van der Waals surface area contributed by atoms with Crippen LogP contribution in [0.4, 0.5) is 11.4 Å². The number of hydrogen-bond acceptors (Lipinski definition) is 3. The van der Waals surface area contributed by atoms with Gasteiger partial charge in [-0.25, -0.2) is 0 Å². The molecule has 1 aliphatic heterocycles. The number of rotatable bonds is 2. The number of benzene rings is 2. The van der Waals surface area contributed by atoms with E-state index < -0.39 is 0 Å². The average Bonchev–Trinajstić information content (AvgIpc) is 2.47. The first-order chi connectivity index (χ1) is 9.74. The van der Waals surface area contributed by atoms with Crippen molar-refractivity contribution in [1.82, 2.24) is 0 Å². The Morgan fingerprint density at radius 3 is 2.70 bits per heavy atom. The van der Waals surface area contributed by atoms with Gasteiger partial charge in [0.25, 0.3) is 11.8 Å². The maximum atomic E-state index is 12.3. The van der Waals surface area contributed by atoms with Gasteiger partial charge in [-0.1, -0.05) is 24.3 Å². The summed E-state index contributed by atoms with van der Waals surface area (Å²) in [6.07, 6.45) is 0. The molecule has 0 unspecified atom stereocenters. The molecule has 0 aromatic heterocycles. The topological polar surface area (TPSA) is 67.4 Å². The van der Waals surface area contributed by atoms with Crippen LogP contribution in [0.3, 0.4) is 0 Å². The van der Waals surface area contributed by atoms with Crippen LogP contribution in [0.25, 0.3) is 0 Å². The molecule has 1 heterocycles.